The monoisotopic (exact) mass is 376 g/mol. The Labute approximate surface area is 164 Å². The second kappa shape index (κ2) is 8.85. The van der Waals surface area contributed by atoms with Gasteiger partial charge in [0.15, 0.2) is 11.7 Å². The molecule has 28 heavy (non-hydrogen) atoms. The zero-order valence-electron chi connectivity index (χ0n) is 15.8. The maximum atomic E-state index is 12.2. The number of carbonyl (C=O) groups excluding carboxylic acids is 1. The molecule has 2 aromatic carbocycles. The summed E-state index contributed by atoms with van der Waals surface area (Å²) in [6.45, 7) is 1.37. The van der Waals surface area contributed by atoms with E-state index in [1.54, 1.807) is 0 Å². The molecule has 0 unspecified atom stereocenters. The van der Waals surface area contributed by atoms with Crippen LogP contribution in [-0.4, -0.2) is 30.1 Å². The van der Waals surface area contributed by atoms with Crippen molar-refractivity contribution in [2.24, 2.45) is 0 Å². The van der Waals surface area contributed by atoms with Crippen molar-refractivity contribution in [3.63, 3.8) is 0 Å². The number of hydrogen-bond donors (Lipinski definition) is 1. The number of aryl methyl sites for hydroxylation is 1. The summed E-state index contributed by atoms with van der Waals surface area (Å²) < 4.78 is 11.6. The number of aromatic nitrogens is 1. The molecule has 2 heterocycles. The van der Waals surface area contributed by atoms with E-state index in [9.17, 15) is 4.79 Å². The van der Waals surface area contributed by atoms with Gasteiger partial charge in [0.05, 0.1) is 6.10 Å². The quantitative estimate of drug-likeness (QED) is 0.670. The first-order valence-corrected chi connectivity index (χ1v) is 9.78. The first kappa shape index (κ1) is 18.4. The van der Waals surface area contributed by atoms with Gasteiger partial charge in [-0.15, -0.1) is 0 Å². The van der Waals surface area contributed by atoms with Gasteiger partial charge in [0.2, 0.25) is 5.91 Å². The molecule has 0 radical (unpaired) electrons. The van der Waals surface area contributed by atoms with E-state index < -0.39 is 0 Å². The largest absolute Gasteiger partial charge is 0.440 e. The lowest BCUT2D eigenvalue weighted by Crippen LogP contribution is -2.31. The fourth-order valence-corrected chi connectivity index (χ4v) is 3.39. The van der Waals surface area contributed by atoms with Crippen molar-refractivity contribution in [3.05, 3.63) is 66.6 Å². The average molecular weight is 376 g/mol. The van der Waals surface area contributed by atoms with Crippen molar-refractivity contribution in [1.82, 2.24) is 10.3 Å². The molecule has 1 amide bonds. The number of ether oxygens (including phenoxy) is 1. The number of hydrogen-bond acceptors (Lipinski definition) is 4. The van der Waals surface area contributed by atoms with Gasteiger partial charge in [0, 0.05) is 37.1 Å². The fraction of sp³-hybridized carbons (Fsp3) is 0.304. The Kier molecular flexibility index (Phi) is 5.83. The van der Waals surface area contributed by atoms with Crippen LogP contribution in [0, 0.1) is 0 Å². The topological polar surface area (TPSA) is 64.4 Å². The van der Waals surface area contributed by atoms with Crippen molar-refractivity contribution >= 4 is 5.91 Å². The van der Waals surface area contributed by atoms with Crippen molar-refractivity contribution in [2.75, 3.05) is 13.2 Å². The number of amides is 1. The Bertz CT molecular complexity index is 843. The Hall–Kier alpha value is -2.92. The summed E-state index contributed by atoms with van der Waals surface area (Å²) in [7, 11) is 0. The summed E-state index contributed by atoms with van der Waals surface area (Å²) in [5, 5.41) is 2.95. The van der Waals surface area contributed by atoms with Crippen LogP contribution in [0.5, 0.6) is 0 Å². The van der Waals surface area contributed by atoms with E-state index in [1.165, 1.54) is 0 Å². The van der Waals surface area contributed by atoms with Crippen LogP contribution in [0.15, 0.2) is 65.1 Å². The molecule has 5 nitrogen and oxygen atoms in total. The molecular weight excluding hydrogens is 352 g/mol. The number of rotatable bonds is 7. The molecule has 144 valence electrons. The van der Waals surface area contributed by atoms with Crippen LogP contribution in [0.3, 0.4) is 0 Å². The van der Waals surface area contributed by atoms with E-state index in [0.29, 0.717) is 25.3 Å². The van der Waals surface area contributed by atoms with Gasteiger partial charge in [-0.25, -0.2) is 4.98 Å². The standard InChI is InChI=1S/C23H24N2O3/c26-20(24-16-19-12-7-15-27-19)13-14-21-25-22(17-8-3-1-4-9-17)23(28-21)18-10-5-2-6-11-18/h1-6,8-11,19H,7,12-16H2,(H,24,26)/t19-/m0/s1. The predicted octanol–water partition coefficient (Wildman–Crippen LogP) is 4.24. The molecule has 1 atom stereocenters. The summed E-state index contributed by atoms with van der Waals surface area (Å²) in [5.74, 6) is 1.31. The normalized spacial score (nSPS) is 16.2. The molecule has 0 saturated carbocycles. The third-order valence-corrected chi connectivity index (χ3v) is 4.87. The first-order valence-electron chi connectivity index (χ1n) is 9.78. The van der Waals surface area contributed by atoms with E-state index in [-0.39, 0.29) is 12.0 Å². The lowest BCUT2D eigenvalue weighted by Gasteiger charge is -2.10. The van der Waals surface area contributed by atoms with E-state index in [1.807, 2.05) is 60.7 Å². The van der Waals surface area contributed by atoms with E-state index in [2.05, 4.69) is 5.32 Å². The van der Waals surface area contributed by atoms with Crippen LogP contribution in [0.2, 0.25) is 0 Å². The highest BCUT2D eigenvalue weighted by Crippen LogP contribution is 2.32. The van der Waals surface area contributed by atoms with Crippen LogP contribution in [0.4, 0.5) is 0 Å². The number of nitrogens with zero attached hydrogens (tertiary/aromatic N) is 1. The lowest BCUT2D eigenvalue weighted by atomic mass is 10.1. The summed E-state index contributed by atoms with van der Waals surface area (Å²) in [4.78, 5) is 16.9. The molecule has 0 spiro atoms. The zero-order chi connectivity index (χ0) is 19.2. The maximum Gasteiger partial charge on any atom is 0.220 e. The molecule has 4 rings (SSSR count). The van der Waals surface area contributed by atoms with Crippen LogP contribution < -0.4 is 5.32 Å². The van der Waals surface area contributed by atoms with E-state index >= 15 is 0 Å². The third-order valence-electron chi connectivity index (χ3n) is 4.87. The lowest BCUT2D eigenvalue weighted by molar-refractivity contribution is -0.121. The van der Waals surface area contributed by atoms with Crippen molar-refractivity contribution in [1.29, 1.82) is 0 Å². The Morgan fingerprint density at radius 1 is 1.04 bits per heavy atom. The molecular formula is C23H24N2O3. The zero-order valence-corrected chi connectivity index (χ0v) is 15.8. The van der Waals surface area contributed by atoms with Crippen LogP contribution in [0.25, 0.3) is 22.6 Å². The predicted molar refractivity (Wildman–Crippen MR) is 108 cm³/mol. The minimum Gasteiger partial charge on any atom is -0.440 e. The second-order valence-corrected chi connectivity index (χ2v) is 6.96. The Morgan fingerprint density at radius 3 is 2.43 bits per heavy atom. The van der Waals surface area contributed by atoms with Gasteiger partial charge in [-0.3, -0.25) is 4.79 Å². The average Bonchev–Trinajstić information content (AvgIpc) is 3.42. The minimum atomic E-state index is -0.00350. The molecule has 1 saturated heterocycles. The van der Waals surface area contributed by atoms with E-state index in [4.69, 9.17) is 14.1 Å². The van der Waals surface area contributed by atoms with Crippen molar-refractivity contribution < 1.29 is 13.9 Å². The molecule has 0 aliphatic carbocycles. The highest BCUT2D eigenvalue weighted by Gasteiger charge is 2.19. The Balaban J connectivity index is 1.47. The van der Waals surface area contributed by atoms with Crippen LogP contribution in [0.1, 0.15) is 25.2 Å². The highest BCUT2D eigenvalue weighted by molar-refractivity contribution is 5.77. The third kappa shape index (κ3) is 4.49. The summed E-state index contributed by atoms with van der Waals surface area (Å²) >= 11 is 0. The summed E-state index contributed by atoms with van der Waals surface area (Å²) in [5.41, 5.74) is 2.78. The molecule has 5 heteroatoms. The molecule has 1 aliphatic heterocycles. The second-order valence-electron chi connectivity index (χ2n) is 6.96. The van der Waals surface area contributed by atoms with Gasteiger partial charge in [-0.2, -0.15) is 0 Å². The smallest absolute Gasteiger partial charge is 0.220 e. The SMILES string of the molecule is O=C(CCc1nc(-c2ccccc2)c(-c2ccccc2)o1)NC[C@@H]1CCCO1. The molecule has 0 bridgehead atoms. The first-order chi connectivity index (χ1) is 13.8. The van der Waals surface area contributed by atoms with Crippen LogP contribution >= 0.6 is 0 Å². The number of nitrogens with one attached hydrogen (secondary N) is 1. The minimum absolute atomic E-state index is 0.00350. The molecule has 1 aromatic heterocycles. The molecule has 3 aromatic rings. The fourth-order valence-electron chi connectivity index (χ4n) is 3.39. The van der Waals surface area contributed by atoms with E-state index in [0.717, 1.165) is 42.0 Å². The van der Waals surface area contributed by atoms with Gasteiger partial charge < -0.3 is 14.5 Å². The number of carbonyl (C=O) groups is 1. The number of benzene rings is 2. The van der Waals surface area contributed by atoms with Crippen molar-refractivity contribution in [3.8, 4) is 22.6 Å². The Morgan fingerprint density at radius 2 is 1.75 bits per heavy atom. The van der Waals surface area contributed by atoms with Gasteiger partial charge >= 0.3 is 0 Å². The number of oxazole rings is 1. The van der Waals surface area contributed by atoms with Gasteiger partial charge in [-0.1, -0.05) is 60.7 Å². The maximum absolute atomic E-state index is 12.2. The molecule has 1 N–H and O–H groups in total. The molecule has 1 fully saturated rings. The summed E-state index contributed by atoms with van der Waals surface area (Å²) in [6.07, 6.45) is 3.04. The van der Waals surface area contributed by atoms with Gasteiger partial charge in [0.1, 0.15) is 5.69 Å². The van der Waals surface area contributed by atoms with Crippen LogP contribution in [-0.2, 0) is 16.0 Å². The molecule has 1 aliphatic rings. The van der Waals surface area contributed by atoms with Gasteiger partial charge in [-0.05, 0) is 12.8 Å². The highest BCUT2D eigenvalue weighted by atomic mass is 16.5. The summed E-state index contributed by atoms with van der Waals surface area (Å²) in [6, 6.07) is 19.9. The van der Waals surface area contributed by atoms with Crippen molar-refractivity contribution in [2.45, 2.75) is 31.8 Å². The van der Waals surface area contributed by atoms with Gasteiger partial charge in [0.25, 0.3) is 0 Å².